The highest BCUT2D eigenvalue weighted by Crippen LogP contribution is 2.33. The summed E-state index contributed by atoms with van der Waals surface area (Å²) >= 11 is 0. The number of carbonyl (C=O) groups is 1. The Bertz CT molecular complexity index is 938. The van der Waals surface area contributed by atoms with E-state index in [-0.39, 0.29) is 35.9 Å². The van der Waals surface area contributed by atoms with Gasteiger partial charge in [0.1, 0.15) is 0 Å². The molecule has 0 bridgehead atoms. The molecule has 1 amide bonds. The molecule has 6 nitrogen and oxygen atoms in total. The Morgan fingerprint density at radius 2 is 1.83 bits per heavy atom. The molecule has 1 aromatic heterocycles. The van der Waals surface area contributed by atoms with Crippen LogP contribution in [0.15, 0.2) is 35.1 Å². The van der Waals surface area contributed by atoms with Gasteiger partial charge in [0.15, 0.2) is 5.69 Å². The van der Waals surface area contributed by atoms with Crippen molar-refractivity contribution in [3.63, 3.8) is 0 Å². The Hall–Kier alpha value is -2.39. The third kappa shape index (κ3) is 5.16. The first-order valence-electron chi connectivity index (χ1n) is 9.01. The van der Waals surface area contributed by atoms with E-state index in [0.717, 1.165) is 29.7 Å². The number of benzene rings is 1. The number of amides is 1. The number of hydrogen-bond acceptors (Lipinski definition) is 4. The summed E-state index contributed by atoms with van der Waals surface area (Å²) in [6.07, 6.45) is -1.71. The van der Waals surface area contributed by atoms with Crippen LogP contribution < -0.4 is 16.5 Å². The molecule has 1 heterocycles. The van der Waals surface area contributed by atoms with Crippen LogP contribution in [0.3, 0.4) is 0 Å². The summed E-state index contributed by atoms with van der Waals surface area (Å²) in [5.74, 6) is -0.691. The number of nitrogens with zero attached hydrogens (tertiary/aromatic N) is 2. The fourth-order valence-electron chi connectivity index (χ4n) is 3.36. The number of alkyl halides is 3. The van der Waals surface area contributed by atoms with Crippen molar-refractivity contribution in [3.8, 4) is 5.69 Å². The van der Waals surface area contributed by atoms with Gasteiger partial charge >= 0.3 is 6.18 Å². The van der Waals surface area contributed by atoms with Crippen molar-refractivity contribution >= 4 is 18.3 Å². The maximum atomic E-state index is 13.4. The topological polar surface area (TPSA) is 90.0 Å². The monoisotopic (exact) mass is 430 g/mol. The van der Waals surface area contributed by atoms with Gasteiger partial charge in [0, 0.05) is 23.8 Å². The number of carbonyl (C=O) groups excluding carboxylic acids is 1. The van der Waals surface area contributed by atoms with Crippen molar-refractivity contribution in [2.75, 3.05) is 0 Å². The van der Waals surface area contributed by atoms with Crippen molar-refractivity contribution in [1.29, 1.82) is 0 Å². The fourth-order valence-corrected chi connectivity index (χ4v) is 3.36. The van der Waals surface area contributed by atoms with Crippen LogP contribution in [0.25, 0.3) is 5.69 Å². The van der Waals surface area contributed by atoms with Gasteiger partial charge in [0.2, 0.25) is 5.43 Å². The molecular weight excluding hydrogens is 409 g/mol. The van der Waals surface area contributed by atoms with E-state index in [4.69, 9.17) is 5.73 Å². The van der Waals surface area contributed by atoms with Gasteiger partial charge in [0.25, 0.3) is 5.91 Å². The first-order valence-corrected chi connectivity index (χ1v) is 9.01. The molecule has 2 aromatic rings. The second-order valence-electron chi connectivity index (χ2n) is 7.01. The summed E-state index contributed by atoms with van der Waals surface area (Å²) in [5.41, 5.74) is 3.82. The molecule has 3 N–H and O–H groups in total. The quantitative estimate of drug-likeness (QED) is 0.783. The molecule has 29 heavy (non-hydrogen) atoms. The van der Waals surface area contributed by atoms with Gasteiger partial charge in [-0.15, -0.1) is 12.4 Å². The van der Waals surface area contributed by atoms with E-state index in [1.165, 1.54) is 25.1 Å². The van der Waals surface area contributed by atoms with E-state index in [1.54, 1.807) is 0 Å². The zero-order valence-corrected chi connectivity index (χ0v) is 16.5. The van der Waals surface area contributed by atoms with Crippen LogP contribution in [0.4, 0.5) is 13.2 Å². The number of nitrogens with two attached hydrogens (primary N) is 1. The van der Waals surface area contributed by atoms with Gasteiger partial charge in [-0.05, 0) is 44.7 Å². The van der Waals surface area contributed by atoms with Gasteiger partial charge in [-0.2, -0.15) is 18.3 Å². The number of nitrogens with one attached hydrogen (secondary N) is 1. The zero-order chi connectivity index (χ0) is 20.5. The Kier molecular flexibility index (Phi) is 7.07. The van der Waals surface area contributed by atoms with Crippen LogP contribution >= 0.6 is 12.4 Å². The average molecular weight is 431 g/mol. The molecule has 0 unspecified atom stereocenters. The summed E-state index contributed by atoms with van der Waals surface area (Å²) in [6, 6.07) is 5.97. The lowest BCUT2D eigenvalue weighted by atomic mass is 9.92. The average Bonchev–Trinajstić information content (AvgIpc) is 2.63. The third-order valence-corrected chi connectivity index (χ3v) is 4.87. The SMILES string of the molecule is Cc1cc(=O)c(C(=O)NC2CCC(N)CC2)nn1-c1ccccc1C(F)(F)F.Cl. The van der Waals surface area contributed by atoms with Gasteiger partial charge < -0.3 is 11.1 Å². The predicted molar refractivity (Wildman–Crippen MR) is 105 cm³/mol. The lowest BCUT2D eigenvalue weighted by Gasteiger charge is -2.26. The minimum atomic E-state index is -4.60. The Labute approximate surface area is 171 Å². The maximum absolute atomic E-state index is 13.4. The molecule has 1 fully saturated rings. The number of aromatic nitrogens is 2. The highest BCUT2D eigenvalue weighted by Gasteiger charge is 2.34. The molecular formula is C19H22ClF3N4O2. The first kappa shape index (κ1) is 22.9. The Morgan fingerprint density at radius 3 is 2.45 bits per heavy atom. The van der Waals surface area contributed by atoms with Crippen LogP contribution in [0.2, 0.25) is 0 Å². The van der Waals surface area contributed by atoms with E-state index in [9.17, 15) is 22.8 Å². The number of para-hydroxylation sites is 1. The normalized spacial score (nSPS) is 19.3. The molecule has 1 saturated carbocycles. The molecule has 1 aromatic carbocycles. The Balaban J connectivity index is 0.00000300. The highest BCUT2D eigenvalue weighted by molar-refractivity contribution is 5.92. The summed E-state index contributed by atoms with van der Waals surface area (Å²) in [6.45, 7) is 1.46. The number of rotatable bonds is 3. The van der Waals surface area contributed by atoms with Crippen LogP contribution in [0.5, 0.6) is 0 Å². The molecule has 10 heteroatoms. The molecule has 158 valence electrons. The summed E-state index contributed by atoms with van der Waals surface area (Å²) in [7, 11) is 0. The second-order valence-corrected chi connectivity index (χ2v) is 7.01. The highest BCUT2D eigenvalue weighted by atomic mass is 35.5. The summed E-state index contributed by atoms with van der Waals surface area (Å²) in [4.78, 5) is 24.8. The minimum absolute atomic E-state index is 0. The molecule has 0 radical (unpaired) electrons. The lowest BCUT2D eigenvalue weighted by Crippen LogP contribution is -2.42. The fraction of sp³-hybridized carbons (Fsp3) is 0.421. The molecule has 0 atom stereocenters. The predicted octanol–water partition coefficient (Wildman–Crippen LogP) is 2.98. The molecule has 0 aliphatic heterocycles. The number of halogens is 4. The van der Waals surface area contributed by atoms with Gasteiger partial charge in [-0.3, -0.25) is 9.59 Å². The lowest BCUT2D eigenvalue weighted by molar-refractivity contribution is -0.137. The van der Waals surface area contributed by atoms with E-state index < -0.39 is 28.8 Å². The van der Waals surface area contributed by atoms with E-state index in [0.29, 0.717) is 12.8 Å². The van der Waals surface area contributed by atoms with Crippen LogP contribution in [-0.4, -0.2) is 27.8 Å². The molecule has 1 aliphatic carbocycles. The smallest absolute Gasteiger partial charge is 0.348 e. The maximum Gasteiger partial charge on any atom is 0.418 e. The molecule has 0 saturated heterocycles. The van der Waals surface area contributed by atoms with E-state index in [1.807, 2.05) is 0 Å². The summed E-state index contributed by atoms with van der Waals surface area (Å²) < 4.78 is 41.0. The second kappa shape index (κ2) is 8.96. The molecule has 3 rings (SSSR count). The van der Waals surface area contributed by atoms with Gasteiger partial charge in [0.05, 0.1) is 11.3 Å². The van der Waals surface area contributed by atoms with Crippen molar-refractivity contribution in [3.05, 3.63) is 57.5 Å². The van der Waals surface area contributed by atoms with Gasteiger partial charge in [-0.1, -0.05) is 12.1 Å². The van der Waals surface area contributed by atoms with Crippen LogP contribution in [0.1, 0.15) is 47.4 Å². The van der Waals surface area contributed by atoms with Crippen LogP contribution in [0, 0.1) is 6.92 Å². The van der Waals surface area contributed by atoms with Crippen molar-refractivity contribution in [2.45, 2.75) is 50.9 Å². The van der Waals surface area contributed by atoms with Crippen molar-refractivity contribution in [1.82, 2.24) is 15.1 Å². The number of hydrogen-bond donors (Lipinski definition) is 2. The van der Waals surface area contributed by atoms with E-state index >= 15 is 0 Å². The largest absolute Gasteiger partial charge is 0.418 e. The zero-order valence-electron chi connectivity index (χ0n) is 15.7. The number of aryl methyl sites for hydroxylation is 1. The molecule has 0 spiro atoms. The van der Waals surface area contributed by atoms with Gasteiger partial charge in [-0.25, -0.2) is 4.68 Å². The Morgan fingerprint density at radius 1 is 1.21 bits per heavy atom. The summed E-state index contributed by atoms with van der Waals surface area (Å²) in [5, 5.41) is 6.71. The standard InChI is InChI=1S/C19H21F3N4O2.ClH/c1-11-10-16(27)17(18(28)24-13-8-6-12(23)7-9-13)25-26(11)15-5-3-2-4-14(15)19(20,21)22;/h2-5,10,12-13H,6-9,23H2,1H3,(H,24,28);1H. The molecule has 1 aliphatic rings. The minimum Gasteiger partial charge on any atom is -0.348 e. The van der Waals surface area contributed by atoms with Crippen molar-refractivity contribution < 1.29 is 18.0 Å². The first-order chi connectivity index (χ1) is 13.2. The van der Waals surface area contributed by atoms with E-state index in [2.05, 4.69) is 10.4 Å². The van der Waals surface area contributed by atoms with Crippen LogP contribution in [-0.2, 0) is 6.18 Å². The third-order valence-electron chi connectivity index (χ3n) is 4.87. The van der Waals surface area contributed by atoms with Crippen molar-refractivity contribution in [2.24, 2.45) is 5.73 Å².